The molecule has 1 unspecified atom stereocenters. The van der Waals surface area contributed by atoms with Gasteiger partial charge in [-0.25, -0.2) is 0 Å². The van der Waals surface area contributed by atoms with E-state index in [9.17, 15) is 5.11 Å². The molecule has 0 fully saturated rings. The maximum atomic E-state index is 9.67. The monoisotopic (exact) mass is 244 g/mol. The summed E-state index contributed by atoms with van der Waals surface area (Å²) in [6, 6.07) is 8.41. The van der Waals surface area contributed by atoms with Crippen LogP contribution in [-0.2, 0) is 12.8 Å². The van der Waals surface area contributed by atoms with Crippen LogP contribution >= 0.6 is 0 Å². The number of aliphatic hydroxyl groups is 1. The minimum Gasteiger partial charge on any atom is -0.385 e. The molecule has 0 aliphatic heterocycles. The number of rotatable bonds is 3. The zero-order chi connectivity index (χ0) is 12.5. The van der Waals surface area contributed by atoms with E-state index in [1.165, 1.54) is 11.1 Å². The van der Waals surface area contributed by atoms with E-state index < -0.39 is 6.10 Å². The molecule has 1 atom stereocenters. The van der Waals surface area contributed by atoms with Crippen molar-refractivity contribution < 1.29 is 9.63 Å². The lowest BCUT2D eigenvalue weighted by atomic mass is 10.1. The van der Waals surface area contributed by atoms with Gasteiger partial charge in [0.1, 0.15) is 6.10 Å². The first kappa shape index (κ1) is 11.4. The first-order valence-electron chi connectivity index (χ1n) is 6.36. The summed E-state index contributed by atoms with van der Waals surface area (Å²) >= 11 is 0. The normalized spacial score (nSPS) is 16.8. The fourth-order valence-electron chi connectivity index (χ4n) is 2.46. The first-order chi connectivity index (χ1) is 8.78. The maximum Gasteiger partial charge on any atom is 0.230 e. The summed E-state index contributed by atoms with van der Waals surface area (Å²) in [6.07, 6.45) is 1.87. The molecule has 1 aliphatic carbocycles. The third-order valence-corrected chi connectivity index (χ3v) is 3.54. The number of hydrogen-bond donors (Lipinski definition) is 1. The summed E-state index contributed by atoms with van der Waals surface area (Å²) in [5, 5.41) is 13.5. The van der Waals surface area contributed by atoms with Gasteiger partial charge in [0.05, 0.1) is 0 Å². The van der Waals surface area contributed by atoms with Crippen LogP contribution in [0.5, 0.6) is 0 Å². The Morgan fingerprint density at radius 3 is 2.61 bits per heavy atom. The Morgan fingerprint density at radius 1 is 1.33 bits per heavy atom. The van der Waals surface area contributed by atoms with E-state index in [1.807, 2.05) is 6.92 Å². The van der Waals surface area contributed by atoms with Gasteiger partial charge in [0, 0.05) is 5.92 Å². The molecular weight excluding hydrogens is 228 g/mol. The molecular formula is C14H16N2O2. The Hall–Kier alpha value is -1.68. The molecule has 3 rings (SSSR count). The van der Waals surface area contributed by atoms with Crippen LogP contribution < -0.4 is 0 Å². The molecule has 1 N–H and O–H groups in total. The Kier molecular flexibility index (Phi) is 2.88. The zero-order valence-electron chi connectivity index (χ0n) is 10.3. The second-order valence-corrected chi connectivity index (χ2v) is 4.79. The molecule has 0 bridgehead atoms. The van der Waals surface area contributed by atoms with Gasteiger partial charge >= 0.3 is 0 Å². The first-order valence-corrected chi connectivity index (χ1v) is 6.36. The Bertz CT molecular complexity index is 525. The highest BCUT2D eigenvalue weighted by molar-refractivity contribution is 5.34. The number of nitrogens with zero attached hydrogens (tertiary/aromatic N) is 2. The standard InChI is InChI=1S/C14H16N2O2/c1-2-12(17)13-15-14(18-16-13)11-7-9-5-3-4-6-10(9)8-11/h3-6,11-12,17H,2,7-8H2,1H3. The Labute approximate surface area is 106 Å². The van der Waals surface area contributed by atoms with E-state index >= 15 is 0 Å². The summed E-state index contributed by atoms with van der Waals surface area (Å²) in [6.45, 7) is 1.89. The molecule has 0 saturated heterocycles. The van der Waals surface area contributed by atoms with Gasteiger partial charge in [-0.15, -0.1) is 0 Å². The smallest absolute Gasteiger partial charge is 0.230 e. The van der Waals surface area contributed by atoms with Crippen molar-refractivity contribution in [3.63, 3.8) is 0 Å². The van der Waals surface area contributed by atoms with Gasteiger partial charge in [-0.1, -0.05) is 36.3 Å². The largest absolute Gasteiger partial charge is 0.385 e. The van der Waals surface area contributed by atoms with E-state index in [0.717, 1.165) is 12.8 Å². The molecule has 1 aliphatic rings. The van der Waals surface area contributed by atoms with Crippen LogP contribution in [0.25, 0.3) is 0 Å². The second kappa shape index (κ2) is 4.53. The number of fused-ring (bicyclic) bond motifs is 1. The predicted molar refractivity (Wildman–Crippen MR) is 66.1 cm³/mol. The van der Waals surface area contributed by atoms with Gasteiger partial charge in [0.15, 0.2) is 5.82 Å². The lowest BCUT2D eigenvalue weighted by molar-refractivity contribution is 0.159. The van der Waals surface area contributed by atoms with Gasteiger partial charge in [0.25, 0.3) is 0 Å². The highest BCUT2D eigenvalue weighted by Crippen LogP contribution is 2.33. The molecule has 0 spiro atoms. The fraction of sp³-hybridized carbons (Fsp3) is 0.429. The molecule has 4 nitrogen and oxygen atoms in total. The Balaban J connectivity index is 1.80. The predicted octanol–water partition coefficient (Wildman–Crippen LogP) is 2.40. The van der Waals surface area contributed by atoms with Crippen LogP contribution in [0.15, 0.2) is 28.8 Å². The average molecular weight is 244 g/mol. The molecule has 2 aromatic rings. The molecule has 0 saturated carbocycles. The molecule has 18 heavy (non-hydrogen) atoms. The third-order valence-electron chi connectivity index (χ3n) is 3.54. The van der Waals surface area contributed by atoms with Crippen molar-refractivity contribution in [3.05, 3.63) is 47.1 Å². The molecule has 0 radical (unpaired) electrons. The van der Waals surface area contributed by atoms with Crippen LogP contribution in [0.4, 0.5) is 0 Å². The third kappa shape index (κ3) is 1.93. The Morgan fingerprint density at radius 2 is 2.00 bits per heavy atom. The topological polar surface area (TPSA) is 59.2 Å². The molecule has 1 aromatic carbocycles. The summed E-state index contributed by atoms with van der Waals surface area (Å²) in [5.74, 6) is 1.31. The van der Waals surface area contributed by atoms with Crippen LogP contribution in [0, 0.1) is 0 Å². The number of hydrogen-bond acceptors (Lipinski definition) is 4. The average Bonchev–Trinajstić information content (AvgIpc) is 3.03. The van der Waals surface area contributed by atoms with E-state index in [2.05, 4.69) is 34.4 Å². The van der Waals surface area contributed by atoms with Gasteiger partial charge in [-0.05, 0) is 30.4 Å². The maximum absolute atomic E-state index is 9.67. The van der Waals surface area contributed by atoms with Crippen molar-refractivity contribution >= 4 is 0 Å². The fourth-order valence-corrected chi connectivity index (χ4v) is 2.46. The van der Waals surface area contributed by atoms with Crippen LogP contribution in [0.2, 0.25) is 0 Å². The molecule has 94 valence electrons. The second-order valence-electron chi connectivity index (χ2n) is 4.79. The quantitative estimate of drug-likeness (QED) is 0.900. The highest BCUT2D eigenvalue weighted by Gasteiger charge is 2.27. The summed E-state index contributed by atoms with van der Waals surface area (Å²) in [5.41, 5.74) is 2.72. The van der Waals surface area contributed by atoms with Crippen LogP contribution in [-0.4, -0.2) is 15.2 Å². The summed E-state index contributed by atoms with van der Waals surface area (Å²) < 4.78 is 5.28. The molecule has 1 heterocycles. The number of benzene rings is 1. The summed E-state index contributed by atoms with van der Waals surface area (Å²) in [7, 11) is 0. The lowest BCUT2D eigenvalue weighted by Crippen LogP contribution is -2.01. The van der Waals surface area contributed by atoms with Crippen LogP contribution in [0.1, 0.15) is 48.2 Å². The SMILES string of the molecule is CCC(O)c1noc(C2Cc3ccccc3C2)n1. The minimum absolute atomic E-state index is 0.257. The molecule has 4 heteroatoms. The molecule has 0 amide bonds. The number of aromatic nitrogens is 2. The van der Waals surface area contributed by atoms with Gasteiger partial charge < -0.3 is 9.63 Å². The van der Waals surface area contributed by atoms with E-state index in [1.54, 1.807) is 0 Å². The van der Waals surface area contributed by atoms with Gasteiger partial charge in [-0.2, -0.15) is 4.98 Å². The van der Waals surface area contributed by atoms with Crippen molar-refractivity contribution in [1.29, 1.82) is 0 Å². The number of aliphatic hydroxyl groups excluding tert-OH is 1. The van der Waals surface area contributed by atoms with E-state index in [4.69, 9.17) is 4.52 Å². The zero-order valence-corrected chi connectivity index (χ0v) is 10.3. The minimum atomic E-state index is -0.619. The van der Waals surface area contributed by atoms with Crippen molar-refractivity contribution in [3.8, 4) is 0 Å². The van der Waals surface area contributed by atoms with Crippen molar-refractivity contribution in [2.24, 2.45) is 0 Å². The van der Waals surface area contributed by atoms with Crippen molar-refractivity contribution in [2.45, 2.75) is 38.2 Å². The summed E-state index contributed by atoms with van der Waals surface area (Å²) in [4.78, 5) is 4.32. The van der Waals surface area contributed by atoms with Crippen molar-refractivity contribution in [2.75, 3.05) is 0 Å². The van der Waals surface area contributed by atoms with Gasteiger partial charge in [0.2, 0.25) is 5.89 Å². The van der Waals surface area contributed by atoms with Gasteiger partial charge in [-0.3, -0.25) is 0 Å². The van der Waals surface area contributed by atoms with Crippen molar-refractivity contribution in [1.82, 2.24) is 10.1 Å². The molecule has 1 aromatic heterocycles. The highest BCUT2D eigenvalue weighted by atomic mass is 16.5. The lowest BCUT2D eigenvalue weighted by Gasteiger charge is -2.01. The van der Waals surface area contributed by atoms with E-state index in [0.29, 0.717) is 18.1 Å². The van der Waals surface area contributed by atoms with E-state index in [-0.39, 0.29) is 5.92 Å². The van der Waals surface area contributed by atoms with Crippen LogP contribution in [0.3, 0.4) is 0 Å².